The van der Waals surface area contributed by atoms with Crippen molar-refractivity contribution < 1.29 is 21.7 Å². The van der Waals surface area contributed by atoms with Crippen molar-refractivity contribution in [2.45, 2.75) is 75.7 Å². The van der Waals surface area contributed by atoms with Crippen molar-refractivity contribution in [3.05, 3.63) is 78.8 Å². The minimum Gasteiger partial charge on any atom is -0.535 e. The second-order valence-electron chi connectivity index (χ2n) is 6.75. The Kier molecular flexibility index (Phi) is 14.1. The van der Waals surface area contributed by atoms with Crippen LogP contribution in [0.3, 0.4) is 0 Å². The van der Waals surface area contributed by atoms with Gasteiger partial charge in [0, 0.05) is 0 Å². The van der Waals surface area contributed by atoms with Crippen molar-refractivity contribution in [2.24, 2.45) is 0 Å². The van der Waals surface area contributed by atoms with Crippen molar-refractivity contribution in [1.29, 1.82) is 0 Å². The van der Waals surface area contributed by atoms with Gasteiger partial charge in [0.25, 0.3) is 0 Å². The van der Waals surface area contributed by atoms with Crippen molar-refractivity contribution >= 4 is 0 Å². The fourth-order valence-electron chi connectivity index (χ4n) is 2.81. The maximum atomic E-state index is 3.43. The van der Waals surface area contributed by atoms with Crippen molar-refractivity contribution in [2.75, 3.05) is 0 Å². The van der Waals surface area contributed by atoms with Crippen LogP contribution in [0.15, 0.2) is 6.58 Å². The molecule has 0 heterocycles. The summed E-state index contributed by atoms with van der Waals surface area (Å²) in [6.07, 6.45) is 3.28. The first-order valence-corrected chi connectivity index (χ1v) is 8.71. The van der Waals surface area contributed by atoms with Gasteiger partial charge in [-0.25, -0.2) is 0 Å². The van der Waals surface area contributed by atoms with Crippen LogP contribution in [0.25, 0.3) is 0 Å². The molecule has 0 aromatic heterocycles. The Labute approximate surface area is 175 Å². The van der Waals surface area contributed by atoms with Crippen molar-refractivity contribution in [3.8, 4) is 0 Å². The normalized spacial score (nSPS) is 23.8. The van der Waals surface area contributed by atoms with Crippen LogP contribution in [0.2, 0.25) is 0 Å². The van der Waals surface area contributed by atoms with E-state index in [1.54, 1.807) is 0 Å². The van der Waals surface area contributed by atoms with E-state index in [0.717, 1.165) is 0 Å². The summed E-state index contributed by atoms with van der Waals surface area (Å²) in [5, 5.41) is 0. The number of rotatable bonds is 1. The quantitative estimate of drug-likeness (QED) is 0.339. The molecule has 10 radical (unpaired) electrons. The van der Waals surface area contributed by atoms with Crippen LogP contribution < -0.4 is 0 Å². The third-order valence-corrected chi connectivity index (χ3v) is 5.80. The maximum Gasteiger partial charge on any atom is 2.00 e. The monoisotopic (exact) mass is 372 g/mol. The largest absolute Gasteiger partial charge is 2.00 e. The summed E-state index contributed by atoms with van der Waals surface area (Å²) >= 11 is 0. The summed E-state index contributed by atoms with van der Waals surface area (Å²) in [5.74, 6) is 14.7. The Bertz CT molecular complexity index is 230. The molecule has 0 unspecified atom stereocenters. The van der Waals surface area contributed by atoms with Crippen molar-refractivity contribution in [1.82, 2.24) is 0 Å². The first kappa shape index (κ1) is 27.7. The second kappa shape index (κ2) is 12.8. The smallest absolute Gasteiger partial charge is 0.535 e. The SMILES string of the molecule is C=[C-]C[CH2-].C[C]1[C](C)[C](C)[C](C)[C]1C.C[C]1[C](C)[C](C)[C](C)[C]1C.[Ti+2]. The summed E-state index contributed by atoms with van der Waals surface area (Å²) in [7, 11) is 0. The molecule has 136 valence electrons. The Hall–Kier alpha value is 0.454. The molecule has 0 nitrogen and oxygen atoms in total. The van der Waals surface area contributed by atoms with Gasteiger partial charge in [0.05, 0.1) is 0 Å². The molecule has 2 aliphatic rings. The summed E-state index contributed by atoms with van der Waals surface area (Å²) in [6.45, 7) is 28.7. The van der Waals surface area contributed by atoms with Gasteiger partial charge >= 0.3 is 21.7 Å². The first-order valence-electron chi connectivity index (χ1n) is 8.71. The Balaban J connectivity index is 0. The van der Waals surface area contributed by atoms with Gasteiger partial charge in [-0.05, 0) is 59.2 Å². The zero-order valence-corrected chi connectivity index (χ0v) is 19.7. The molecule has 0 bridgehead atoms. The molecule has 2 fully saturated rings. The predicted octanol–water partition coefficient (Wildman–Crippen LogP) is 7.14. The van der Waals surface area contributed by atoms with Gasteiger partial charge in [-0.2, -0.15) is 0 Å². The molecule has 2 aliphatic carbocycles. The van der Waals surface area contributed by atoms with Crippen LogP contribution >= 0.6 is 0 Å². The third kappa shape index (κ3) is 7.17. The average molecular weight is 372 g/mol. The molecule has 0 spiro atoms. The minimum atomic E-state index is 0. The van der Waals surface area contributed by atoms with E-state index in [1.165, 1.54) is 59.2 Å². The predicted molar refractivity (Wildman–Crippen MR) is 108 cm³/mol. The van der Waals surface area contributed by atoms with Crippen LogP contribution in [-0.2, 0) is 21.7 Å². The Morgan fingerprint density at radius 2 is 0.600 bits per heavy atom. The second-order valence-corrected chi connectivity index (χ2v) is 6.75. The van der Waals surface area contributed by atoms with E-state index in [4.69, 9.17) is 0 Å². The molecule has 0 atom stereocenters. The van der Waals surface area contributed by atoms with Gasteiger partial charge in [0.15, 0.2) is 0 Å². The number of hydrogen-bond acceptors (Lipinski definition) is 0. The van der Waals surface area contributed by atoms with E-state index in [9.17, 15) is 0 Å². The fraction of sp³-hybridized carbons (Fsp3) is 0.458. The van der Waals surface area contributed by atoms with Crippen LogP contribution in [0.1, 0.15) is 75.7 Å². The zero-order valence-electron chi connectivity index (χ0n) is 18.1. The Morgan fingerprint density at radius 3 is 0.640 bits per heavy atom. The van der Waals surface area contributed by atoms with Gasteiger partial charge < -0.3 is 19.4 Å². The summed E-state index contributed by atoms with van der Waals surface area (Å²) < 4.78 is 0. The van der Waals surface area contributed by atoms with E-state index in [-0.39, 0.29) is 21.7 Å². The molecule has 25 heavy (non-hydrogen) atoms. The molecule has 0 aromatic rings. The molecule has 0 N–H and O–H groups in total. The van der Waals surface area contributed by atoms with E-state index >= 15 is 0 Å². The topological polar surface area (TPSA) is 0 Å². The molecule has 0 saturated heterocycles. The van der Waals surface area contributed by atoms with E-state index in [2.05, 4.69) is 88.8 Å². The number of allylic oxidation sites excluding steroid dienone is 1. The van der Waals surface area contributed by atoms with E-state index in [0.29, 0.717) is 6.42 Å². The van der Waals surface area contributed by atoms with E-state index < -0.39 is 0 Å². The molecule has 0 amide bonds. The average Bonchev–Trinajstić information content (AvgIpc) is 2.86. The van der Waals surface area contributed by atoms with Crippen LogP contribution in [0.5, 0.6) is 0 Å². The van der Waals surface area contributed by atoms with Crippen LogP contribution in [-0.4, -0.2) is 0 Å². The molecule has 0 aliphatic heterocycles. The fourth-order valence-corrected chi connectivity index (χ4v) is 2.81. The van der Waals surface area contributed by atoms with Crippen LogP contribution in [0, 0.1) is 72.2 Å². The summed E-state index contributed by atoms with van der Waals surface area (Å²) in [4.78, 5) is 0. The summed E-state index contributed by atoms with van der Waals surface area (Å²) in [6, 6.07) is 0. The van der Waals surface area contributed by atoms with Crippen molar-refractivity contribution in [3.63, 3.8) is 0 Å². The van der Waals surface area contributed by atoms with Gasteiger partial charge in [0.1, 0.15) is 0 Å². The van der Waals surface area contributed by atoms with Gasteiger partial charge in [0.2, 0.25) is 0 Å². The van der Waals surface area contributed by atoms with Gasteiger partial charge in [-0.15, -0.1) is 0 Å². The van der Waals surface area contributed by atoms with E-state index in [1.807, 2.05) is 0 Å². The Morgan fingerprint density at radius 1 is 0.520 bits per heavy atom. The first-order chi connectivity index (χ1) is 11.0. The zero-order chi connectivity index (χ0) is 19.2. The molecule has 2 saturated carbocycles. The molecular weight excluding hydrogens is 336 g/mol. The minimum absolute atomic E-state index is 0. The van der Waals surface area contributed by atoms with Gasteiger partial charge in [-0.1, -0.05) is 69.2 Å². The maximum absolute atomic E-state index is 3.43. The van der Waals surface area contributed by atoms with Gasteiger partial charge in [-0.3, -0.25) is 6.58 Å². The summed E-state index contributed by atoms with van der Waals surface area (Å²) in [5.41, 5.74) is 0. The standard InChI is InChI=1S/2C10H15.C4H6.Ti/c2*1-6-7(2)9(4)10(5)8(6)3;1-3-4-2;/h2*1-5H3;1-3H2;/q;;-2;+2. The molecule has 1 heteroatoms. The molecular formula is C24H36Ti. The van der Waals surface area contributed by atoms with Crippen LogP contribution in [0.4, 0.5) is 0 Å². The molecule has 0 aromatic carbocycles. The number of hydrogen-bond donors (Lipinski definition) is 0. The molecule has 2 rings (SSSR count). The third-order valence-electron chi connectivity index (χ3n) is 5.80.